The van der Waals surface area contributed by atoms with E-state index in [0.29, 0.717) is 28.9 Å². The summed E-state index contributed by atoms with van der Waals surface area (Å²) in [6, 6.07) is 20.2. The van der Waals surface area contributed by atoms with Crippen LogP contribution in [0.4, 0.5) is 5.69 Å². The molecule has 0 spiro atoms. The quantitative estimate of drug-likeness (QED) is 0.556. The third-order valence-corrected chi connectivity index (χ3v) is 5.94. The number of carbonyl (C=O) groups excluding carboxylic acids is 3. The lowest BCUT2D eigenvalue weighted by molar-refractivity contribution is -0.907. The number of rotatable bonds is 3. The van der Waals surface area contributed by atoms with Gasteiger partial charge in [-0.15, -0.1) is 0 Å². The maximum Gasteiger partial charge on any atom is 0.279 e. The van der Waals surface area contributed by atoms with Gasteiger partial charge in [0.15, 0.2) is 18.1 Å². The number of fused-ring (bicyclic) bond motifs is 3. The Bertz CT molecular complexity index is 1200. The van der Waals surface area contributed by atoms with Gasteiger partial charge < -0.3 is 10.2 Å². The Kier molecular flexibility index (Phi) is 4.52. The van der Waals surface area contributed by atoms with Crippen molar-refractivity contribution in [1.29, 1.82) is 0 Å². The first kappa shape index (κ1) is 18.5. The van der Waals surface area contributed by atoms with Gasteiger partial charge in [-0.3, -0.25) is 14.4 Å². The molecule has 0 bridgehead atoms. The molecule has 1 amide bonds. The molecule has 0 aromatic heterocycles. The van der Waals surface area contributed by atoms with E-state index in [0.717, 1.165) is 19.5 Å². The summed E-state index contributed by atoms with van der Waals surface area (Å²) >= 11 is 0. The van der Waals surface area contributed by atoms with Crippen molar-refractivity contribution in [2.24, 2.45) is 0 Å². The molecule has 1 unspecified atom stereocenters. The maximum atomic E-state index is 13.1. The molecule has 3 aromatic rings. The molecule has 1 atom stereocenters. The molecule has 5 nitrogen and oxygen atoms in total. The molecule has 5 heteroatoms. The molecule has 30 heavy (non-hydrogen) atoms. The summed E-state index contributed by atoms with van der Waals surface area (Å²) in [7, 11) is 0. The zero-order chi connectivity index (χ0) is 20.7. The van der Waals surface area contributed by atoms with Gasteiger partial charge in [0.2, 0.25) is 0 Å². The first-order chi connectivity index (χ1) is 14.6. The van der Waals surface area contributed by atoms with Crippen molar-refractivity contribution in [3.8, 4) is 0 Å². The summed E-state index contributed by atoms with van der Waals surface area (Å²) in [5, 5.41) is 2.89. The first-order valence-electron chi connectivity index (χ1n) is 10.1. The van der Waals surface area contributed by atoms with Crippen LogP contribution in [0.15, 0.2) is 66.7 Å². The summed E-state index contributed by atoms with van der Waals surface area (Å²) in [4.78, 5) is 39.9. The minimum absolute atomic E-state index is 0.156. The molecule has 1 heterocycles. The zero-order valence-corrected chi connectivity index (χ0v) is 16.4. The van der Waals surface area contributed by atoms with Gasteiger partial charge in [0.1, 0.15) is 6.54 Å². The van der Waals surface area contributed by atoms with Crippen LogP contribution in [-0.2, 0) is 17.8 Å². The molecule has 2 aliphatic rings. The monoisotopic (exact) mass is 397 g/mol. The number of amides is 1. The topological polar surface area (TPSA) is 67.7 Å². The van der Waals surface area contributed by atoms with Gasteiger partial charge in [0.25, 0.3) is 5.91 Å². The normalized spacial score (nSPS) is 17.0. The van der Waals surface area contributed by atoms with E-state index in [1.54, 1.807) is 42.5 Å². The standard InChI is InChI=1S/C25H20N2O3/c28-22(15-27-13-12-16-6-1-2-7-17(16)14-27)26-21-11-5-10-20-23(21)25(30)19-9-4-3-8-18(19)24(20)29/h1-11H,12-15H2,(H,26,28)/p+1. The highest BCUT2D eigenvalue weighted by Crippen LogP contribution is 2.31. The number of nitrogens with one attached hydrogen (secondary N) is 2. The predicted molar refractivity (Wildman–Crippen MR) is 113 cm³/mol. The number of ketones is 2. The SMILES string of the molecule is O=C(C[NH+]1CCc2ccccc2C1)Nc1cccc2c1C(=O)c1ccccc1C2=O. The van der Waals surface area contributed by atoms with Crippen molar-refractivity contribution in [1.82, 2.24) is 0 Å². The molecule has 1 aliphatic carbocycles. The van der Waals surface area contributed by atoms with Crippen molar-refractivity contribution in [3.63, 3.8) is 0 Å². The Labute approximate surface area is 174 Å². The highest BCUT2D eigenvalue weighted by atomic mass is 16.2. The minimum atomic E-state index is -0.227. The number of quaternary nitrogens is 1. The highest BCUT2D eigenvalue weighted by molar-refractivity contribution is 6.30. The van der Waals surface area contributed by atoms with Gasteiger partial charge in [-0.2, -0.15) is 0 Å². The number of hydrogen-bond acceptors (Lipinski definition) is 3. The van der Waals surface area contributed by atoms with Gasteiger partial charge >= 0.3 is 0 Å². The lowest BCUT2D eigenvalue weighted by Crippen LogP contribution is -3.12. The number of benzene rings is 3. The molecule has 2 N–H and O–H groups in total. The molecule has 1 aliphatic heterocycles. The van der Waals surface area contributed by atoms with Gasteiger partial charge in [-0.25, -0.2) is 0 Å². The second-order valence-corrected chi connectivity index (χ2v) is 7.85. The van der Waals surface area contributed by atoms with E-state index >= 15 is 0 Å². The summed E-state index contributed by atoms with van der Waals surface area (Å²) in [5.74, 6) is -0.568. The van der Waals surface area contributed by atoms with Crippen molar-refractivity contribution < 1.29 is 19.3 Å². The van der Waals surface area contributed by atoms with Crippen molar-refractivity contribution in [2.45, 2.75) is 13.0 Å². The summed E-state index contributed by atoms with van der Waals surface area (Å²) < 4.78 is 0. The van der Waals surface area contributed by atoms with Gasteiger partial charge in [0.05, 0.1) is 17.8 Å². The van der Waals surface area contributed by atoms with E-state index in [2.05, 4.69) is 17.4 Å². The van der Waals surface area contributed by atoms with Crippen LogP contribution in [0.2, 0.25) is 0 Å². The Morgan fingerprint density at radius 2 is 1.47 bits per heavy atom. The van der Waals surface area contributed by atoms with Gasteiger partial charge in [0, 0.05) is 28.7 Å². The van der Waals surface area contributed by atoms with E-state index in [9.17, 15) is 14.4 Å². The highest BCUT2D eigenvalue weighted by Gasteiger charge is 2.32. The molecule has 0 fully saturated rings. The van der Waals surface area contributed by atoms with Gasteiger partial charge in [-0.1, -0.05) is 60.7 Å². The average Bonchev–Trinajstić information content (AvgIpc) is 2.77. The molecule has 3 aromatic carbocycles. The molecule has 5 rings (SSSR count). The lowest BCUT2D eigenvalue weighted by atomic mass is 9.83. The molecule has 0 saturated heterocycles. The molecule has 148 valence electrons. The van der Waals surface area contributed by atoms with Crippen LogP contribution in [0.25, 0.3) is 0 Å². The van der Waals surface area contributed by atoms with Crippen LogP contribution in [0.1, 0.15) is 43.0 Å². The van der Waals surface area contributed by atoms with Crippen LogP contribution in [-0.4, -0.2) is 30.6 Å². The average molecular weight is 397 g/mol. The Morgan fingerprint density at radius 3 is 2.27 bits per heavy atom. The number of hydrogen-bond donors (Lipinski definition) is 2. The summed E-state index contributed by atoms with van der Waals surface area (Å²) in [5.41, 5.74) is 4.46. The Morgan fingerprint density at radius 1 is 0.800 bits per heavy atom. The second kappa shape index (κ2) is 7.35. The van der Waals surface area contributed by atoms with E-state index in [-0.39, 0.29) is 23.0 Å². The lowest BCUT2D eigenvalue weighted by Gasteiger charge is -2.25. The fourth-order valence-corrected chi connectivity index (χ4v) is 4.46. The first-order valence-corrected chi connectivity index (χ1v) is 10.1. The maximum absolute atomic E-state index is 13.1. The second-order valence-electron chi connectivity index (χ2n) is 7.85. The van der Waals surface area contributed by atoms with Crippen LogP contribution in [0.3, 0.4) is 0 Å². The molecule has 0 saturated carbocycles. The van der Waals surface area contributed by atoms with Crippen LogP contribution >= 0.6 is 0 Å². The van der Waals surface area contributed by atoms with E-state index in [1.807, 2.05) is 12.1 Å². The third-order valence-electron chi connectivity index (χ3n) is 5.94. The fourth-order valence-electron chi connectivity index (χ4n) is 4.46. The molecular formula is C25H21N2O3+. The smallest absolute Gasteiger partial charge is 0.279 e. The van der Waals surface area contributed by atoms with Crippen LogP contribution in [0.5, 0.6) is 0 Å². The fraction of sp³-hybridized carbons (Fsp3) is 0.160. The zero-order valence-electron chi connectivity index (χ0n) is 16.4. The molecule has 0 radical (unpaired) electrons. The predicted octanol–water partition coefficient (Wildman–Crippen LogP) is 2.04. The van der Waals surface area contributed by atoms with E-state index < -0.39 is 0 Å². The summed E-state index contributed by atoms with van der Waals surface area (Å²) in [6.45, 7) is 2.01. The Hall–Kier alpha value is -3.57. The number of carbonyl (C=O) groups is 3. The van der Waals surface area contributed by atoms with Crippen molar-refractivity contribution in [3.05, 3.63) is 100 Å². The van der Waals surface area contributed by atoms with Crippen LogP contribution < -0.4 is 10.2 Å². The van der Waals surface area contributed by atoms with Crippen molar-refractivity contribution >= 4 is 23.2 Å². The molecular weight excluding hydrogens is 376 g/mol. The van der Waals surface area contributed by atoms with E-state index in [1.165, 1.54) is 16.0 Å². The van der Waals surface area contributed by atoms with E-state index in [4.69, 9.17) is 0 Å². The third kappa shape index (κ3) is 3.13. The van der Waals surface area contributed by atoms with Crippen LogP contribution in [0, 0.1) is 0 Å². The minimum Gasteiger partial charge on any atom is -0.323 e. The largest absolute Gasteiger partial charge is 0.323 e. The Balaban J connectivity index is 1.37. The number of anilines is 1. The van der Waals surface area contributed by atoms with Crippen molar-refractivity contribution in [2.75, 3.05) is 18.4 Å². The van der Waals surface area contributed by atoms with Gasteiger partial charge in [-0.05, 0) is 11.6 Å². The summed E-state index contributed by atoms with van der Waals surface area (Å²) in [6.07, 6.45) is 0.948.